The molecule has 110 valence electrons. The minimum Gasteiger partial charge on any atom is -0.858 e. The third-order valence-corrected chi connectivity index (χ3v) is 4.13. The highest BCUT2D eigenvalue weighted by molar-refractivity contribution is 7.90. The first-order valence-corrected chi connectivity index (χ1v) is 7.60. The van der Waals surface area contributed by atoms with Crippen molar-refractivity contribution in [2.24, 2.45) is 4.40 Å². The van der Waals surface area contributed by atoms with Crippen LogP contribution in [0.4, 0.5) is 5.69 Å². The summed E-state index contributed by atoms with van der Waals surface area (Å²) < 4.78 is 25.2. The van der Waals surface area contributed by atoms with E-state index < -0.39 is 15.9 Å². The molecule has 0 amide bonds. The van der Waals surface area contributed by atoms with E-state index in [9.17, 15) is 13.5 Å². The second kappa shape index (κ2) is 5.92. The van der Waals surface area contributed by atoms with Gasteiger partial charge in [-0.05, 0) is 6.07 Å². The van der Waals surface area contributed by atoms with Crippen LogP contribution in [0.2, 0.25) is 0 Å². The Kier molecular flexibility index (Phi) is 4.23. The summed E-state index contributed by atoms with van der Waals surface area (Å²) in [6.07, 6.45) is 3.82. The van der Waals surface area contributed by atoms with Crippen molar-refractivity contribution in [2.45, 2.75) is 4.90 Å². The van der Waals surface area contributed by atoms with Gasteiger partial charge < -0.3 is 10.0 Å². The molecule has 1 aromatic carbocycles. The van der Waals surface area contributed by atoms with E-state index in [0.29, 0.717) is 0 Å². The molecule has 3 rings (SSSR count). The lowest BCUT2D eigenvalue weighted by Crippen LogP contribution is -2.15. The second-order valence-electron chi connectivity index (χ2n) is 4.52. The molecule has 1 aliphatic heterocycles. The van der Waals surface area contributed by atoms with Crippen molar-refractivity contribution in [3.8, 4) is 0 Å². The van der Waals surface area contributed by atoms with Crippen LogP contribution in [-0.4, -0.2) is 28.4 Å². The Morgan fingerprint density at radius 2 is 1.71 bits per heavy atom. The zero-order valence-corrected chi connectivity index (χ0v) is 12.5. The standard InChI is InChI=1S/C7H10N2.C7H5NO3S/c1-9(2)7-3-5-8-6-4-7;9-7-5-3-1-2-4-6(5)12(10,11)8-7/h3-6H,1-2H3;1-4H,(H,8,9). The number of aromatic amines is 1. The molecule has 0 radical (unpaired) electrons. The largest absolute Gasteiger partial charge is 0.858 e. The fourth-order valence-corrected chi connectivity index (χ4v) is 2.85. The Morgan fingerprint density at radius 1 is 1.10 bits per heavy atom. The number of rotatable bonds is 1. The first kappa shape index (κ1) is 15.0. The van der Waals surface area contributed by atoms with Crippen LogP contribution >= 0.6 is 0 Å². The topological polar surface area (TPSA) is 86.9 Å². The number of aromatic nitrogens is 1. The molecule has 21 heavy (non-hydrogen) atoms. The van der Waals surface area contributed by atoms with Gasteiger partial charge in [0, 0.05) is 43.4 Å². The van der Waals surface area contributed by atoms with Gasteiger partial charge in [-0.15, -0.1) is 0 Å². The van der Waals surface area contributed by atoms with E-state index in [1.807, 2.05) is 38.6 Å². The number of hydrogen-bond acceptors (Lipinski definition) is 4. The molecule has 0 saturated heterocycles. The van der Waals surface area contributed by atoms with Gasteiger partial charge in [-0.2, -0.15) is 12.8 Å². The summed E-state index contributed by atoms with van der Waals surface area (Å²) >= 11 is 0. The molecule has 0 unspecified atom stereocenters. The molecular weight excluding hydrogens is 290 g/mol. The van der Waals surface area contributed by atoms with Crippen molar-refractivity contribution in [3.63, 3.8) is 0 Å². The number of H-pyrrole nitrogens is 1. The van der Waals surface area contributed by atoms with Crippen molar-refractivity contribution >= 4 is 21.6 Å². The lowest BCUT2D eigenvalue weighted by atomic mass is 10.2. The van der Waals surface area contributed by atoms with Gasteiger partial charge in [0.05, 0.1) is 4.90 Å². The van der Waals surface area contributed by atoms with Gasteiger partial charge in [-0.1, -0.05) is 18.2 Å². The molecule has 0 fully saturated rings. The van der Waals surface area contributed by atoms with Crippen LogP contribution in [0.5, 0.6) is 0 Å². The van der Waals surface area contributed by atoms with Gasteiger partial charge in [0.15, 0.2) is 12.4 Å². The monoisotopic (exact) mass is 305 g/mol. The Labute approximate surface area is 123 Å². The third kappa shape index (κ3) is 3.38. The molecular formula is C14H15N3O3S. The molecule has 0 aliphatic carbocycles. The summed E-state index contributed by atoms with van der Waals surface area (Å²) in [5.74, 6) is -0.675. The third-order valence-electron chi connectivity index (χ3n) is 2.82. The van der Waals surface area contributed by atoms with Gasteiger partial charge in [-0.3, -0.25) is 0 Å². The first-order valence-electron chi connectivity index (χ1n) is 6.16. The van der Waals surface area contributed by atoms with E-state index in [2.05, 4.69) is 14.3 Å². The smallest absolute Gasteiger partial charge is 0.282 e. The summed E-state index contributed by atoms with van der Waals surface area (Å²) in [5, 5.41) is 10.9. The lowest BCUT2D eigenvalue weighted by molar-refractivity contribution is -0.377. The van der Waals surface area contributed by atoms with Crippen LogP contribution in [0.15, 0.2) is 58.1 Å². The maximum absolute atomic E-state index is 11.1. The van der Waals surface area contributed by atoms with Gasteiger partial charge in [-0.25, -0.2) is 4.98 Å². The molecule has 0 saturated carbocycles. The number of nitrogens with one attached hydrogen (secondary N) is 1. The molecule has 0 bridgehead atoms. The Balaban J connectivity index is 0.000000161. The fraction of sp³-hybridized carbons (Fsp3) is 0.143. The summed E-state index contributed by atoms with van der Waals surface area (Å²) in [6, 6.07) is 10.0. The molecule has 2 heterocycles. The van der Waals surface area contributed by atoms with Crippen molar-refractivity contribution in [1.29, 1.82) is 0 Å². The number of benzene rings is 1. The number of sulfonamides is 1. The average Bonchev–Trinajstić information content (AvgIpc) is 2.71. The molecule has 0 spiro atoms. The van der Waals surface area contributed by atoms with E-state index in [1.165, 1.54) is 17.8 Å². The number of pyridine rings is 1. The van der Waals surface area contributed by atoms with Crippen LogP contribution in [0.1, 0.15) is 5.56 Å². The van der Waals surface area contributed by atoms with E-state index in [1.54, 1.807) is 12.1 Å². The summed E-state index contributed by atoms with van der Waals surface area (Å²) in [7, 11) is 0.367. The Hall–Kier alpha value is -2.41. The molecule has 7 heteroatoms. The van der Waals surface area contributed by atoms with E-state index in [0.717, 1.165) is 0 Å². The average molecular weight is 305 g/mol. The molecule has 0 atom stereocenters. The molecule has 1 N–H and O–H groups in total. The zero-order valence-electron chi connectivity index (χ0n) is 11.6. The van der Waals surface area contributed by atoms with E-state index in [-0.39, 0.29) is 10.5 Å². The first-order chi connectivity index (χ1) is 9.92. The Bertz CT molecular complexity index is 756. The molecule has 2 aromatic rings. The summed E-state index contributed by atoms with van der Waals surface area (Å²) in [4.78, 5) is 5.03. The number of nitrogens with zero attached hydrogens (tertiary/aromatic N) is 2. The van der Waals surface area contributed by atoms with Gasteiger partial charge in [0.1, 0.15) is 0 Å². The normalized spacial score (nSPS) is 14.5. The molecule has 1 aromatic heterocycles. The van der Waals surface area contributed by atoms with E-state index in [4.69, 9.17) is 0 Å². The predicted octanol–water partition coefficient (Wildman–Crippen LogP) is 0.0625. The predicted molar refractivity (Wildman–Crippen MR) is 77.5 cm³/mol. The van der Waals surface area contributed by atoms with Crippen LogP contribution in [-0.2, 0) is 10.0 Å². The summed E-state index contributed by atoms with van der Waals surface area (Å²) in [5.41, 5.74) is 1.38. The van der Waals surface area contributed by atoms with Crippen LogP contribution in [0.25, 0.3) is 0 Å². The lowest BCUT2D eigenvalue weighted by Gasteiger charge is -2.08. The maximum atomic E-state index is 11.1. The van der Waals surface area contributed by atoms with Crippen LogP contribution in [0.3, 0.4) is 0 Å². The minimum absolute atomic E-state index is 0.00926. The second-order valence-corrected chi connectivity index (χ2v) is 6.09. The number of anilines is 1. The summed E-state index contributed by atoms with van der Waals surface area (Å²) in [6.45, 7) is 0. The van der Waals surface area contributed by atoms with Crippen molar-refractivity contribution in [2.75, 3.05) is 19.0 Å². The highest BCUT2D eigenvalue weighted by atomic mass is 32.2. The van der Waals surface area contributed by atoms with Crippen molar-refractivity contribution in [1.82, 2.24) is 0 Å². The minimum atomic E-state index is -3.68. The highest BCUT2D eigenvalue weighted by Gasteiger charge is 2.22. The maximum Gasteiger partial charge on any atom is 0.282 e. The highest BCUT2D eigenvalue weighted by Crippen LogP contribution is 2.23. The van der Waals surface area contributed by atoms with Crippen molar-refractivity contribution < 1.29 is 18.5 Å². The number of fused-ring (bicyclic) bond motifs is 1. The van der Waals surface area contributed by atoms with Gasteiger partial charge in [0.2, 0.25) is 0 Å². The van der Waals surface area contributed by atoms with Crippen molar-refractivity contribution in [3.05, 3.63) is 54.4 Å². The molecule has 6 nitrogen and oxygen atoms in total. The molecule has 1 aliphatic rings. The van der Waals surface area contributed by atoms with Gasteiger partial charge >= 0.3 is 0 Å². The van der Waals surface area contributed by atoms with E-state index >= 15 is 0 Å². The SMILES string of the molecule is CN(C)c1cc[nH+]cc1.O=S1(=O)N=C([O-])c2ccccc21. The fourth-order valence-electron chi connectivity index (χ4n) is 1.75. The number of hydrogen-bond donors (Lipinski definition) is 0. The zero-order chi connectivity index (χ0) is 15.5. The van der Waals surface area contributed by atoms with Gasteiger partial charge in [0.25, 0.3) is 10.0 Å². The Morgan fingerprint density at radius 3 is 2.24 bits per heavy atom. The van der Waals surface area contributed by atoms with Crippen LogP contribution in [0, 0.1) is 0 Å². The van der Waals surface area contributed by atoms with Crippen LogP contribution < -0.4 is 15.0 Å². The quantitative estimate of drug-likeness (QED) is 0.745.